The molecule has 0 atom stereocenters. The van der Waals surface area contributed by atoms with Crippen molar-refractivity contribution < 1.29 is 47.6 Å². The van der Waals surface area contributed by atoms with Crippen molar-refractivity contribution in [2.75, 3.05) is 78.9 Å². The van der Waals surface area contributed by atoms with Gasteiger partial charge in [0.25, 0.3) is 0 Å². The van der Waals surface area contributed by atoms with Gasteiger partial charge in [0, 0.05) is 129 Å². The molecule has 0 N–H and O–H groups in total. The Morgan fingerprint density at radius 2 is 0.491 bits per heavy atom. The van der Waals surface area contributed by atoms with Gasteiger partial charge in [-0.05, 0) is 64.2 Å². The Morgan fingerprint density at radius 3 is 0.705 bits per heavy atom. The fourth-order valence-electron chi connectivity index (χ4n) is 14.8. The van der Waals surface area contributed by atoms with Crippen molar-refractivity contribution in [1.82, 2.24) is 69.8 Å². The summed E-state index contributed by atoms with van der Waals surface area (Å²) in [6, 6.07) is 0. The first kappa shape index (κ1) is 96.9. The fourth-order valence-corrected chi connectivity index (χ4v) is 14.8. The van der Waals surface area contributed by atoms with E-state index < -0.39 is 0 Å². The average molecular weight is 1570 g/mol. The number of ether oxygens (including phenoxy) is 6. The minimum absolute atomic E-state index is 0.122. The summed E-state index contributed by atoms with van der Waals surface area (Å²) >= 11 is 0. The van der Waals surface area contributed by atoms with E-state index in [4.69, 9.17) is 28.4 Å². The lowest BCUT2D eigenvalue weighted by Gasteiger charge is -2.29. The molecule has 24 heteroatoms. The second-order valence-corrected chi connectivity index (χ2v) is 32.0. The van der Waals surface area contributed by atoms with Crippen molar-refractivity contribution in [3.8, 4) is 0 Å². The number of carbonyl (C=O) groups excluding carboxylic acids is 4. The predicted molar refractivity (Wildman–Crippen MR) is 445 cm³/mol. The van der Waals surface area contributed by atoms with Crippen LogP contribution in [0, 0.1) is 0 Å². The molecule has 24 nitrogen and oxygen atoms in total. The molecule has 0 unspecified atom stereocenters. The number of hydrogen-bond acceptors (Lipinski definition) is 20. The zero-order valence-corrected chi connectivity index (χ0v) is 71.3. The van der Waals surface area contributed by atoms with Crippen LogP contribution >= 0.6 is 0 Å². The van der Waals surface area contributed by atoms with E-state index in [1.165, 1.54) is 231 Å². The smallest absolute Gasteiger partial charge is 0.307 e. The van der Waals surface area contributed by atoms with Gasteiger partial charge in [0.05, 0.1) is 87.1 Å². The monoisotopic (exact) mass is 1570 g/mol. The minimum atomic E-state index is -0.286. The topological polar surface area (TPSA) is 253 Å². The molecular formula is C88H158N14O10. The van der Waals surface area contributed by atoms with Gasteiger partial charge in [0.15, 0.2) is 0 Å². The second kappa shape index (κ2) is 67.5. The van der Waals surface area contributed by atoms with E-state index in [1.807, 2.05) is 43.5 Å². The Labute approximate surface area is 677 Å². The van der Waals surface area contributed by atoms with E-state index in [1.54, 1.807) is 0 Å². The van der Waals surface area contributed by atoms with Gasteiger partial charge >= 0.3 is 23.9 Å². The van der Waals surface area contributed by atoms with E-state index >= 15 is 0 Å². The maximum Gasteiger partial charge on any atom is 0.307 e. The molecule has 112 heavy (non-hydrogen) atoms. The molecule has 640 valence electrons. The number of nitrogens with zero attached hydrogens (tertiary/aromatic N) is 14. The Balaban J connectivity index is 1.01. The van der Waals surface area contributed by atoms with Gasteiger partial charge in [0.1, 0.15) is 0 Å². The molecule has 0 bridgehead atoms. The molecule has 0 aliphatic heterocycles. The summed E-state index contributed by atoms with van der Waals surface area (Å²) in [5.41, 5.74) is 3.25. The van der Waals surface area contributed by atoms with E-state index in [0.717, 1.165) is 113 Å². The highest BCUT2D eigenvalue weighted by molar-refractivity contribution is 5.71. The Hall–Kier alpha value is -5.72. The van der Waals surface area contributed by atoms with Gasteiger partial charge in [-0.1, -0.05) is 280 Å². The van der Waals surface area contributed by atoms with Crippen LogP contribution < -0.4 is 0 Å². The number of aryl methyl sites for hydroxylation is 4. The zero-order valence-electron chi connectivity index (χ0n) is 71.3. The first-order valence-corrected chi connectivity index (χ1v) is 46.0. The highest BCUT2D eigenvalue weighted by Crippen LogP contribution is 2.25. The van der Waals surface area contributed by atoms with E-state index in [-0.39, 0.29) is 88.2 Å². The van der Waals surface area contributed by atoms with Crippen LogP contribution in [0.3, 0.4) is 0 Å². The normalized spacial score (nSPS) is 13.8. The molecule has 1 saturated carbocycles. The molecular weight excluding hydrogens is 1410 g/mol. The number of rotatable bonds is 78. The van der Waals surface area contributed by atoms with Gasteiger partial charge in [-0.15, -0.1) is 20.4 Å². The van der Waals surface area contributed by atoms with Crippen molar-refractivity contribution >= 4 is 23.9 Å². The van der Waals surface area contributed by atoms with Crippen molar-refractivity contribution in [2.24, 2.45) is 0 Å². The molecule has 5 rings (SSSR count). The molecule has 0 radical (unpaired) electrons. The van der Waals surface area contributed by atoms with Crippen LogP contribution in [0.1, 0.15) is 372 Å². The summed E-state index contributed by atoms with van der Waals surface area (Å²) in [4.78, 5) is 56.9. The van der Waals surface area contributed by atoms with Gasteiger partial charge in [-0.2, -0.15) is 0 Å². The van der Waals surface area contributed by atoms with Gasteiger partial charge < -0.3 is 38.2 Å². The van der Waals surface area contributed by atoms with Crippen LogP contribution in [0.4, 0.5) is 0 Å². The maximum absolute atomic E-state index is 13.2. The highest BCUT2D eigenvalue weighted by Gasteiger charge is 2.23. The molecule has 1 fully saturated rings. The second-order valence-electron chi connectivity index (χ2n) is 32.0. The van der Waals surface area contributed by atoms with Crippen LogP contribution in [-0.4, -0.2) is 185 Å². The molecule has 0 amide bonds. The number of carbonyl (C=O) groups is 4. The third-order valence-electron chi connectivity index (χ3n) is 21.9. The Bertz CT molecular complexity index is 2520. The van der Waals surface area contributed by atoms with Crippen LogP contribution in [-0.2, 0) is 99.5 Å². The maximum atomic E-state index is 13.2. The fraction of sp³-hybridized carbons (Fsp3) is 0.864. The predicted octanol–water partition coefficient (Wildman–Crippen LogP) is 18.5. The SMILES string of the molecule is CCCCCCCCCCCCn1cc(CCOC(=O)CCN(CCCO[C@H]2CC[C@H](OCCCN(CCC(=O)OCCc3cn(CCCCCCCCCCCC)nn3)CCC(=O)OCCc3cn(CCCCCCCCCCCC)nn3)CC2)CCC(=O)OCCc2cn(CCCCCCCCCCCC)nn2)nn1. The number of unbranched alkanes of at least 4 members (excludes halogenated alkanes) is 36. The standard InChI is InChI=1S/C88H158N14O10/c1-5-9-13-17-21-25-29-33-37-41-61-99-75-79(89-93-99)55-71-109-85(103)51-65-97(66-52-86(104)110-72-56-80-76-100(94-90-80)62-42-38-34-30-26-22-18-14-10-6-2)59-45-69-107-83-47-49-84(50-48-83)108-70-46-60-98(67-53-87(105)111-73-57-81-77-101(95-91-81)63-43-39-35-31-27-23-19-15-11-7-3)68-54-88(106)112-74-58-82-78-102(96-92-82)64-44-40-36-32-28-24-20-16-12-8-4/h75-78,83-84H,5-74H2,1-4H3/t83-,84-. The van der Waals surface area contributed by atoms with Gasteiger partial charge in [-0.3, -0.25) is 37.9 Å². The average Bonchev–Trinajstić information content (AvgIpc) is 1.63. The van der Waals surface area contributed by atoms with Crippen LogP contribution in [0.25, 0.3) is 0 Å². The van der Waals surface area contributed by atoms with Crippen molar-refractivity contribution in [1.29, 1.82) is 0 Å². The van der Waals surface area contributed by atoms with Crippen LogP contribution in [0.2, 0.25) is 0 Å². The lowest BCUT2D eigenvalue weighted by molar-refractivity contribution is -0.146. The number of hydrogen-bond donors (Lipinski definition) is 0. The van der Waals surface area contributed by atoms with Gasteiger partial charge in [0.2, 0.25) is 0 Å². The van der Waals surface area contributed by atoms with E-state index in [9.17, 15) is 19.2 Å². The van der Waals surface area contributed by atoms with Gasteiger partial charge in [-0.25, -0.2) is 0 Å². The minimum Gasteiger partial charge on any atom is -0.465 e. The van der Waals surface area contributed by atoms with Crippen LogP contribution in [0.15, 0.2) is 24.8 Å². The summed E-state index contributed by atoms with van der Waals surface area (Å²) in [6.45, 7) is 17.5. The third-order valence-corrected chi connectivity index (χ3v) is 21.9. The molecule has 0 saturated heterocycles. The summed E-state index contributed by atoms with van der Waals surface area (Å²) in [6.07, 6.45) is 67.4. The van der Waals surface area contributed by atoms with E-state index in [0.29, 0.717) is 78.2 Å². The molecule has 4 aromatic heterocycles. The highest BCUT2D eigenvalue weighted by atomic mass is 16.5. The van der Waals surface area contributed by atoms with Crippen molar-refractivity contribution in [2.45, 2.75) is 413 Å². The summed E-state index contributed by atoms with van der Waals surface area (Å²) < 4.78 is 43.4. The first-order chi connectivity index (χ1) is 55.1. The van der Waals surface area contributed by atoms with Crippen molar-refractivity contribution in [3.63, 3.8) is 0 Å². The summed E-state index contributed by atoms with van der Waals surface area (Å²) in [5.74, 6) is -1.14. The lowest BCUT2D eigenvalue weighted by atomic mass is 9.95. The molecule has 0 aromatic carbocycles. The molecule has 4 heterocycles. The quantitative estimate of drug-likeness (QED) is 0.0226. The zero-order chi connectivity index (χ0) is 79.5. The summed E-state index contributed by atoms with van der Waals surface area (Å²) in [5, 5.41) is 34.7. The van der Waals surface area contributed by atoms with Crippen LogP contribution in [0.5, 0.6) is 0 Å². The largest absolute Gasteiger partial charge is 0.465 e. The lowest BCUT2D eigenvalue weighted by Crippen LogP contribution is -2.32. The molecule has 1 aliphatic rings. The Kier molecular flexibility index (Phi) is 58.3. The number of aromatic nitrogens is 12. The first-order valence-electron chi connectivity index (χ1n) is 46.0. The third kappa shape index (κ3) is 52.0. The molecule has 1 aliphatic carbocycles. The van der Waals surface area contributed by atoms with Crippen molar-refractivity contribution in [3.05, 3.63) is 47.6 Å². The molecule has 0 spiro atoms. The van der Waals surface area contributed by atoms with E-state index in [2.05, 4.69) is 78.7 Å². The summed E-state index contributed by atoms with van der Waals surface area (Å²) in [7, 11) is 0. The molecule has 4 aromatic rings. The Morgan fingerprint density at radius 1 is 0.286 bits per heavy atom. The number of esters is 4.